The highest BCUT2D eigenvalue weighted by molar-refractivity contribution is 5.94. The third-order valence-corrected chi connectivity index (χ3v) is 3.95. The van der Waals surface area contributed by atoms with E-state index in [1.54, 1.807) is 31.2 Å². The topological polar surface area (TPSA) is 65.1 Å². The van der Waals surface area contributed by atoms with Crippen LogP contribution in [0.4, 0.5) is 4.39 Å². The first-order chi connectivity index (χ1) is 13.0. The lowest BCUT2D eigenvalue weighted by Gasteiger charge is -2.21. The van der Waals surface area contributed by atoms with Gasteiger partial charge in [0.1, 0.15) is 22.9 Å². The van der Waals surface area contributed by atoms with Gasteiger partial charge in [0.25, 0.3) is 5.91 Å². The molecule has 27 heavy (non-hydrogen) atoms. The number of benzene rings is 2. The van der Waals surface area contributed by atoms with Crippen LogP contribution in [0.15, 0.2) is 42.5 Å². The summed E-state index contributed by atoms with van der Waals surface area (Å²) in [5, 5.41) is 0. The molecule has 2 aromatic carbocycles. The van der Waals surface area contributed by atoms with Crippen LogP contribution in [-0.4, -0.2) is 44.1 Å². The minimum absolute atomic E-state index is 0.194. The van der Waals surface area contributed by atoms with Gasteiger partial charge in [-0.25, -0.2) is 9.18 Å². The summed E-state index contributed by atoms with van der Waals surface area (Å²) in [6.07, 6.45) is 0. The Morgan fingerprint density at radius 3 is 2.48 bits per heavy atom. The lowest BCUT2D eigenvalue weighted by atomic mass is 10.2. The van der Waals surface area contributed by atoms with E-state index in [9.17, 15) is 14.0 Å². The zero-order chi connectivity index (χ0) is 19.8. The smallest absolute Gasteiger partial charge is 0.342 e. The van der Waals surface area contributed by atoms with Gasteiger partial charge in [0.2, 0.25) is 0 Å². The molecule has 0 heterocycles. The van der Waals surface area contributed by atoms with Crippen molar-refractivity contribution in [3.63, 3.8) is 0 Å². The zero-order valence-electron chi connectivity index (χ0n) is 15.5. The highest BCUT2D eigenvalue weighted by Gasteiger charge is 2.19. The molecule has 0 bridgehead atoms. The lowest BCUT2D eigenvalue weighted by molar-refractivity contribution is -0.134. The highest BCUT2D eigenvalue weighted by atomic mass is 19.1. The molecule has 6 nitrogen and oxygen atoms in total. The van der Waals surface area contributed by atoms with Crippen LogP contribution in [0.5, 0.6) is 11.5 Å². The average Bonchev–Trinajstić information content (AvgIpc) is 2.69. The first-order valence-electron chi connectivity index (χ1n) is 8.39. The number of amides is 1. The molecule has 0 aliphatic heterocycles. The molecule has 144 valence electrons. The molecule has 0 aromatic heterocycles. The second kappa shape index (κ2) is 9.56. The van der Waals surface area contributed by atoms with E-state index in [1.165, 1.54) is 37.3 Å². The Morgan fingerprint density at radius 1 is 1.07 bits per heavy atom. The van der Waals surface area contributed by atoms with Crippen LogP contribution in [0.3, 0.4) is 0 Å². The number of carbonyl (C=O) groups excluding carboxylic acids is 2. The number of hydrogen-bond donors (Lipinski definition) is 0. The fourth-order valence-corrected chi connectivity index (χ4v) is 2.50. The Bertz CT molecular complexity index is 809. The summed E-state index contributed by atoms with van der Waals surface area (Å²) >= 11 is 0. The molecular weight excluding hydrogens is 353 g/mol. The Morgan fingerprint density at radius 2 is 1.85 bits per heavy atom. The Hall–Kier alpha value is -3.09. The van der Waals surface area contributed by atoms with Gasteiger partial charge in [-0.3, -0.25) is 4.79 Å². The SMILES string of the molecule is CCN(Cc1cccc(F)c1)C(=O)COC(=O)c1ccc(OC)cc1OC. The molecule has 0 radical (unpaired) electrons. The maximum Gasteiger partial charge on any atom is 0.342 e. The summed E-state index contributed by atoms with van der Waals surface area (Å²) in [7, 11) is 2.93. The van der Waals surface area contributed by atoms with Gasteiger partial charge in [0, 0.05) is 19.2 Å². The molecule has 7 heteroatoms. The molecule has 0 fully saturated rings. The Labute approximate surface area is 157 Å². The predicted molar refractivity (Wildman–Crippen MR) is 97.3 cm³/mol. The molecule has 0 unspecified atom stereocenters. The fourth-order valence-electron chi connectivity index (χ4n) is 2.50. The van der Waals surface area contributed by atoms with Crippen molar-refractivity contribution in [3.8, 4) is 11.5 Å². The van der Waals surface area contributed by atoms with E-state index >= 15 is 0 Å². The summed E-state index contributed by atoms with van der Waals surface area (Å²) in [6.45, 7) is 2.01. The summed E-state index contributed by atoms with van der Waals surface area (Å²) in [5.41, 5.74) is 0.854. The summed E-state index contributed by atoms with van der Waals surface area (Å²) < 4.78 is 28.7. The number of esters is 1. The normalized spacial score (nSPS) is 10.2. The molecular formula is C20H22FNO5. The molecule has 0 atom stereocenters. The van der Waals surface area contributed by atoms with Gasteiger partial charge < -0.3 is 19.1 Å². The van der Waals surface area contributed by atoms with E-state index in [0.29, 0.717) is 23.6 Å². The molecule has 2 rings (SSSR count). The van der Waals surface area contributed by atoms with Gasteiger partial charge in [-0.15, -0.1) is 0 Å². The van der Waals surface area contributed by atoms with Crippen LogP contribution in [-0.2, 0) is 16.1 Å². The van der Waals surface area contributed by atoms with Gasteiger partial charge >= 0.3 is 5.97 Å². The van der Waals surface area contributed by atoms with Gasteiger partial charge in [-0.05, 0) is 36.8 Å². The van der Waals surface area contributed by atoms with Crippen molar-refractivity contribution in [1.82, 2.24) is 4.90 Å². The van der Waals surface area contributed by atoms with Crippen LogP contribution in [0.2, 0.25) is 0 Å². The second-order valence-electron chi connectivity index (χ2n) is 5.68. The van der Waals surface area contributed by atoms with Crippen molar-refractivity contribution in [2.45, 2.75) is 13.5 Å². The van der Waals surface area contributed by atoms with Crippen LogP contribution in [0.25, 0.3) is 0 Å². The van der Waals surface area contributed by atoms with Crippen molar-refractivity contribution < 1.29 is 28.2 Å². The number of rotatable bonds is 8. The number of carbonyl (C=O) groups is 2. The lowest BCUT2D eigenvalue weighted by Crippen LogP contribution is -2.34. The number of methoxy groups -OCH3 is 2. The molecule has 0 aliphatic carbocycles. The van der Waals surface area contributed by atoms with E-state index in [0.717, 1.165) is 0 Å². The van der Waals surface area contributed by atoms with Crippen molar-refractivity contribution in [2.24, 2.45) is 0 Å². The van der Waals surface area contributed by atoms with E-state index in [1.807, 2.05) is 0 Å². The first-order valence-corrected chi connectivity index (χ1v) is 8.39. The summed E-state index contributed by atoms with van der Waals surface area (Å²) in [6, 6.07) is 10.7. The van der Waals surface area contributed by atoms with Crippen molar-refractivity contribution in [1.29, 1.82) is 0 Å². The quantitative estimate of drug-likeness (QED) is 0.664. The van der Waals surface area contributed by atoms with Gasteiger partial charge in [-0.1, -0.05) is 12.1 Å². The van der Waals surface area contributed by atoms with Crippen molar-refractivity contribution in [3.05, 3.63) is 59.4 Å². The van der Waals surface area contributed by atoms with E-state index in [-0.39, 0.29) is 23.8 Å². The van der Waals surface area contributed by atoms with Crippen molar-refractivity contribution in [2.75, 3.05) is 27.4 Å². The number of likely N-dealkylation sites (N-methyl/N-ethyl adjacent to an activating group) is 1. The zero-order valence-corrected chi connectivity index (χ0v) is 15.5. The minimum Gasteiger partial charge on any atom is -0.497 e. The summed E-state index contributed by atoms with van der Waals surface area (Å²) in [5.74, 6) is -0.591. The molecule has 2 aromatic rings. The molecule has 0 saturated heterocycles. The molecule has 1 amide bonds. The van der Waals surface area contributed by atoms with Crippen LogP contribution >= 0.6 is 0 Å². The monoisotopic (exact) mass is 375 g/mol. The third kappa shape index (κ3) is 5.44. The number of nitrogens with zero attached hydrogens (tertiary/aromatic N) is 1. The largest absolute Gasteiger partial charge is 0.497 e. The number of ether oxygens (including phenoxy) is 3. The highest BCUT2D eigenvalue weighted by Crippen LogP contribution is 2.25. The molecule has 0 spiro atoms. The molecule has 0 aliphatic rings. The van der Waals surface area contributed by atoms with Gasteiger partial charge in [-0.2, -0.15) is 0 Å². The molecule has 0 saturated carbocycles. The van der Waals surface area contributed by atoms with E-state index < -0.39 is 12.6 Å². The molecule has 0 N–H and O–H groups in total. The van der Waals surface area contributed by atoms with Crippen LogP contribution < -0.4 is 9.47 Å². The Balaban J connectivity index is 1.99. The maximum absolute atomic E-state index is 13.3. The third-order valence-electron chi connectivity index (χ3n) is 3.95. The van der Waals surface area contributed by atoms with E-state index in [4.69, 9.17) is 14.2 Å². The van der Waals surface area contributed by atoms with Gasteiger partial charge in [0.05, 0.1) is 14.2 Å². The maximum atomic E-state index is 13.3. The number of hydrogen-bond acceptors (Lipinski definition) is 5. The second-order valence-corrected chi connectivity index (χ2v) is 5.68. The van der Waals surface area contributed by atoms with Crippen LogP contribution in [0, 0.1) is 5.82 Å². The average molecular weight is 375 g/mol. The number of halogens is 1. The first kappa shape index (κ1) is 20.2. The van der Waals surface area contributed by atoms with E-state index in [2.05, 4.69) is 0 Å². The Kier molecular flexibility index (Phi) is 7.16. The van der Waals surface area contributed by atoms with Gasteiger partial charge in [0.15, 0.2) is 6.61 Å². The summed E-state index contributed by atoms with van der Waals surface area (Å²) in [4.78, 5) is 26.1. The van der Waals surface area contributed by atoms with Crippen LogP contribution in [0.1, 0.15) is 22.8 Å². The fraction of sp³-hybridized carbons (Fsp3) is 0.300. The predicted octanol–water partition coefficient (Wildman–Crippen LogP) is 3.05. The van der Waals surface area contributed by atoms with Crippen molar-refractivity contribution >= 4 is 11.9 Å². The minimum atomic E-state index is -0.676. The standard InChI is InChI=1S/C20H22FNO5/c1-4-22(12-14-6-5-7-15(21)10-14)19(23)13-27-20(24)17-9-8-16(25-2)11-18(17)26-3/h5-11H,4,12-13H2,1-3H3.